The van der Waals surface area contributed by atoms with Crippen molar-refractivity contribution in [1.82, 2.24) is 10.2 Å². The van der Waals surface area contributed by atoms with E-state index in [2.05, 4.69) is 5.32 Å². The zero-order valence-electron chi connectivity index (χ0n) is 12.0. The van der Waals surface area contributed by atoms with E-state index in [-0.39, 0.29) is 30.5 Å². The van der Waals surface area contributed by atoms with Gasteiger partial charge in [-0.2, -0.15) is 0 Å². The topological polar surface area (TPSA) is 66.5 Å². The molecule has 0 bridgehead atoms. The number of halogens is 1. The average Bonchev–Trinajstić information content (AvgIpc) is 2.66. The van der Waals surface area contributed by atoms with E-state index in [0.717, 1.165) is 4.90 Å². The fourth-order valence-corrected chi connectivity index (χ4v) is 2.19. The van der Waals surface area contributed by atoms with E-state index in [1.165, 1.54) is 24.3 Å². The maximum Gasteiger partial charge on any atom is 0.325 e. The Morgan fingerprint density at radius 1 is 1.29 bits per heavy atom. The lowest BCUT2D eigenvalue weighted by Gasteiger charge is -2.18. The van der Waals surface area contributed by atoms with Crippen LogP contribution in [0.5, 0.6) is 0 Å². The number of ketones is 1. The molecule has 0 radical (unpaired) electrons. The zero-order valence-corrected chi connectivity index (χ0v) is 12.0. The second-order valence-corrected chi connectivity index (χ2v) is 5.35. The van der Waals surface area contributed by atoms with Gasteiger partial charge in [-0.25, -0.2) is 9.18 Å². The Hall–Kier alpha value is -2.24. The first-order valence-electron chi connectivity index (χ1n) is 6.76. The van der Waals surface area contributed by atoms with Gasteiger partial charge in [-0.05, 0) is 31.0 Å². The summed E-state index contributed by atoms with van der Waals surface area (Å²) in [5, 5.41) is 2.59. The van der Waals surface area contributed by atoms with E-state index < -0.39 is 11.6 Å². The third-order valence-corrected chi connectivity index (χ3v) is 3.70. The summed E-state index contributed by atoms with van der Waals surface area (Å²) in [7, 11) is 0. The first-order valence-corrected chi connectivity index (χ1v) is 6.76. The Bertz CT molecular complexity index is 585. The van der Waals surface area contributed by atoms with Crippen LogP contribution in [0.4, 0.5) is 9.18 Å². The van der Waals surface area contributed by atoms with E-state index in [9.17, 15) is 18.8 Å². The van der Waals surface area contributed by atoms with E-state index in [0.29, 0.717) is 12.0 Å². The van der Waals surface area contributed by atoms with E-state index >= 15 is 0 Å². The van der Waals surface area contributed by atoms with Crippen molar-refractivity contribution in [3.05, 3.63) is 35.6 Å². The normalized spacial score (nSPS) is 21.6. The first-order chi connectivity index (χ1) is 9.85. The molecule has 1 atom stereocenters. The molecule has 1 heterocycles. The predicted molar refractivity (Wildman–Crippen MR) is 74.1 cm³/mol. The molecular formula is C15H17FN2O3. The number of hydrogen-bond donors (Lipinski definition) is 1. The van der Waals surface area contributed by atoms with Crippen LogP contribution < -0.4 is 5.32 Å². The average molecular weight is 292 g/mol. The highest BCUT2D eigenvalue weighted by Crippen LogP contribution is 2.20. The number of urea groups is 1. The molecule has 0 spiro atoms. The van der Waals surface area contributed by atoms with Gasteiger partial charge < -0.3 is 5.32 Å². The number of imide groups is 1. The van der Waals surface area contributed by atoms with Crippen LogP contribution in [0.2, 0.25) is 0 Å². The summed E-state index contributed by atoms with van der Waals surface area (Å²) in [6.45, 7) is 3.16. The lowest BCUT2D eigenvalue weighted by atomic mass is 9.99. The highest BCUT2D eigenvalue weighted by molar-refractivity contribution is 6.09. The van der Waals surface area contributed by atoms with Gasteiger partial charge in [-0.3, -0.25) is 14.5 Å². The van der Waals surface area contributed by atoms with Crippen LogP contribution >= 0.6 is 0 Å². The molecular weight excluding hydrogens is 275 g/mol. The van der Waals surface area contributed by atoms with Gasteiger partial charge in [0.2, 0.25) is 0 Å². The van der Waals surface area contributed by atoms with Crippen molar-refractivity contribution in [3.8, 4) is 0 Å². The van der Waals surface area contributed by atoms with Gasteiger partial charge in [0, 0.05) is 6.42 Å². The van der Waals surface area contributed by atoms with E-state index in [4.69, 9.17) is 0 Å². The molecule has 112 valence electrons. The minimum absolute atomic E-state index is 0.0557. The second-order valence-electron chi connectivity index (χ2n) is 5.35. The zero-order chi connectivity index (χ0) is 15.6. The molecule has 1 aliphatic rings. The van der Waals surface area contributed by atoms with Crippen molar-refractivity contribution >= 4 is 17.7 Å². The molecule has 0 aliphatic carbocycles. The molecule has 1 aromatic rings. The van der Waals surface area contributed by atoms with Crippen molar-refractivity contribution in [2.75, 3.05) is 6.54 Å². The molecule has 5 nitrogen and oxygen atoms in total. The fraction of sp³-hybridized carbons (Fsp3) is 0.400. The van der Waals surface area contributed by atoms with Gasteiger partial charge in [0.05, 0.1) is 6.54 Å². The van der Waals surface area contributed by atoms with Gasteiger partial charge in [0.1, 0.15) is 11.4 Å². The molecule has 1 aliphatic heterocycles. The minimum Gasteiger partial charge on any atom is -0.323 e. The van der Waals surface area contributed by atoms with Gasteiger partial charge in [0.15, 0.2) is 5.78 Å². The molecule has 21 heavy (non-hydrogen) atoms. The van der Waals surface area contributed by atoms with Crippen molar-refractivity contribution in [2.24, 2.45) is 0 Å². The lowest BCUT2D eigenvalue weighted by molar-refractivity contribution is -0.134. The van der Waals surface area contributed by atoms with Crippen LogP contribution in [-0.2, 0) is 16.0 Å². The molecule has 1 fully saturated rings. The van der Waals surface area contributed by atoms with Gasteiger partial charge in [0.25, 0.3) is 5.91 Å². The van der Waals surface area contributed by atoms with Crippen molar-refractivity contribution in [2.45, 2.75) is 32.2 Å². The number of hydrogen-bond acceptors (Lipinski definition) is 3. The Labute approximate surface area is 122 Å². The summed E-state index contributed by atoms with van der Waals surface area (Å²) in [6, 6.07) is 5.01. The number of carbonyl (C=O) groups is 3. The van der Waals surface area contributed by atoms with Crippen LogP contribution in [0.15, 0.2) is 24.3 Å². The van der Waals surface area contributed by atoms with Crippen molar-refractivity contribution < 1.29 is 18.8 Å². The number of amides is 3. The molecule has 3 amide bonds. The Morgan fingerprint density at radius 2 is 1.90 bits per heavy atom. The highest BCUT2D eigenvalue weighted by atomic mass is 19.1. The van der Waals surface area contributed by atoms with Crippen molar-refractivity contribution in [1.29, 1.82) is 0 Å². The molecule has 1 N–H and O–H groups in total. The summed E-state index contributed by atoms with van der Waals surface area (Å²) in [5.74, 6) is -1.04. The van der Waals surface area contributed by atoms with E-state index in [1.54, 1.807) is 13.8 Å². The number of rotatable bonds is 5. The van der Waals surface area contributed by atoms with Crippen LogP contribution in [-0.4, -0.2) is 34.7 Å². The summed E-state index contributed by atoms with van der Waals surface area (Å²) in [4.78, 5) is 36.8. The number of Topliss-reactive ketones (excluding diaryl/α,β-unsaturated/α-hetero) is 1. The minimum atomic E-state index is -0.937. The Kier molecular flexibility index (Phi) is 4.06. The molecule has 0 aromatic heterocycles. The smallest absolute Gasteiger partial charge is 0.323 e. The van der Waals surface area contributed by atoms with Crippen LogP contribution in [0.3, 0.4) is 0 Å². The molecule has 6 heteroatoms. The van der Waals surface area contributed by atoms with Gasteiger partial charge in [-0.15, -0.1) is 0 Å². The highest BCUT2D eigenvalue weighted by Gasteiger charge is 2.46. The summed E-state index contributed by atoms with van der Waals surface area (Å²) in [6.07, 6.45) is 0.514. The Balaban J connectivity index is 2.01. The van der Waals surface area contributed by atoms with Crippen LogP contribution in [0, 0.1) is 5.82 Å². The molecule has 1 unspecified atom stereocenters. The monoisotopic (exact) mass is 292 g/mol. The van der Waals surface area contributed by atoms with E-state index in [1.807, 2.05) is 0 Å². The third-order valence-electron chi connectivity index (χ3n) is 3.70. The maximum absolute atomic E-state index is 12.8. The number of carbonyl (C=O) groups excluding carboxylic acids is 3. The summed E-state index contributed by atoms with van der Waals surface area (Å²) in [5.41, 5.74) is -0.292. The van der Waals surface area contributed by atoms with Crippen molar-refractivity contribution in [3.63, 3.8) is 0 Å². The lowest BCUT2D eigenvalue weighted by Crippen LogP contribution is -2.43. The maximum atomic E-state index is 12.8. The molecule has 1 aromatic carbocycles. The number of benzene rings is 1. The van der Waals surface area contributed by atoms with Crippen LogP contribution in [0.1, 0.15) is 25.8 Å². The number of nitrogens with zero attached hydrogens (tertiary/aromatic N) is 1. The first kappa shape index (κ1) is 15.2. The van der Waals surface area contributed by atoms with Gasteiger partial charge in [-0.1, -0.05) is 19.1 Å². The summed E-state index contributed by atoms with van der Waals surface area (Å²) >= 11 is 0. The largest absolute Gasteiger partial charge is 0.325 e. The molecule has 1 saturated heterocycles. The summed E-state index contributed by atoms with van der Waals surface area (Å²) < 4.78 is 12.8. The fourth-order valence-electron chi connectivity index (χ4n) is 2.19. The standard InChI is InChI=1S/C15H17FN2O3/c1-3-15(2)13(20)18(14(21)17-15)9-12(19)8-10-4-6-11(16)7-5-10/h4-7H,3,8-9H2,1-2H3,(H,17,21). The Morgan fingerprint density at radius 3 is 2.43 bits per heavy atom. The van der Waals surface area contributed by atoms with Gasteiger partial charge >= 0.3 is 6.03 Å². The van der Waals surface area contributed by atoms with Crippen LogP contribution in [0.25, 0.3) is 0 Å². The predicted octanol–water partition coefficient (Wildman–Crippen LogP) is 1.66. The third kappa shape index (κ3) is 3.09. The second kappa shape index (κ2) is 5.63. The quantitative estimate of drug-likeness (QED) is 0.839. The molecule has 0 saturated carbocycles. The number of nitrogens with one attached hydrogen (secondary N) is 1. The SMILES string of the molecule is CCC1(C)NC(=O)N(CC(=O)Cc2ccc(F)cc2)C1=O. The molecule has 2 rings (SSSR count).